The molecule has 164 valence electrons. The average molecular weight is 455 g/mol. The first-order chi connectivity index (χ1) is 15.3. The number of rotatable bonds is 8. The maximum Gasteiger partial charge on any atom is 0.271 e. The quantitative estimate of drug-likeness (QED) is 0.260. The van der Waals surface area contributed by atoms with Crippen LogP contribution in [0.5, 0.6) is 5.75 Å². The zero-order valence-corrected chi connectivity index (χ0v) is 17.4. The van der Waals surface area contributed by atoms with Crippen LogP contribution in [0.15, 0.2) is 66.7 Å². The summed E-state index contributed by atoms with van der Waals surface area (Å²) in [6.45, 7) is 0. The third kappa shape index (κ3) is 6.29. The van der Waals surface area contributed by atoms with Gasteiger partial charge in [-0.25, -0.2) is 4.39 Å². The standard InChI is InChI=1S/C22H18FN3O5S/c23-16-5-7-17(8-6-16)24-21(28)13-32-12-14-1-3-15(4-2-14)22(29)25-19-11-18(26(30)31)9-10-20(19)27/h1-11,27H,12-13H2,(H,24,28)(H,25,29). The van der Waals surface area contributed by atoms with Gasteiger partial charge < -0.3 is 15.7 Å². The molecule has 3 rings (SSSR count). The smallest absolute Gasteiger partial charge is 0.271 e. The number of nitrogens with one attached hydrogen (secondary N) is 2. The van der Waals surface area contributed by atoms with Crippen LogP contribution < -0.4 is 10.6 Å². The molecule has 0 unspecified atom stereocenters. The van der Waals surface area contributed by atoms with Gasteiger partial charge in [0.2, 0.25) is 5.91 Å². The van der Waals surface area contributed by atoms with Gasteiger partial charge in [0, 0.05) is 29.1 Å². The number of thioether (sulfide) groups is 1. The van der Waals surface area contributed by atoms with Gasteiger partial charge >= 0.3 is 0 Å². The minimum absolute atomic E-state index is 0.0593. The number of anilines is 2. The number of hydrogen-bond donors (Lipinski definition) is 3. The normalized spacial score (nSPS) is 10.4. The van der Waals surface area contributed by atoms with E-state index < -0.39 is 10.8 Å². The van der Waals surface area contributed by atoms with Gasteiger partial charge in [-0.3, -0.25) is 19.7 Å². The summed E-state index contributed by atoms with van der Waals surface area (Å²) in [5, 5.41) is 25.8. The second kappa shape index (κ2) is 10.4. The van der Waals surface area contributed by atoms with Crippen molar-refractivity contribution in [2.75, 3.05) is 16.4 Å². The van der Waals surface area contributed by atoms with E-state index in [-0.39, 0.29) is 34.6 Å². The number of phenolic OH excluding ortho intramolecular Hbond substituents is 1. The van der Waals surface area contributed by atoms with Gasteiger partial charge in [-0.2, -0.15) is 0 Å². The van der Waals surface area contributed by atoms with Crippen LogP contribution in [0.4, 0.5) is 21.5 Å². The molecule has 8 nitrogen and oxygen atoms in total. The highest BCUT2D eigenvalue weighted by Crippen LogP contribution is 2.28. The fraction of sp³-hybridized carbons (Fsp3) is 0.0909. The molecule has 0 fully saturated rings. The van der Waals surface area contributed by atoms with Crippen LogP contribution in [-0.4, -0.2) is 27.6 Å². The van der Waals surface area contributed by atoms with E-state index in [0.717, 1.165) is 23.8 Å². The van der Waals surface area contributed by atoms with Crippen molar-refractivity contribution in [3.05, 3.63) is 93.8 Å². The Morgan fingerprint density at radius 2 is 1.69 bits per heavy atom. The molecule has 0 heterocycles. The van der Waals surface area contributed by atoms with E-state index >= 15 is 0 Å². The van der Waals surface area contributed by atoms with Crippen LogP contribution in [0.3, 0.4) is 0 Å². The fourth-order valence-corrected chi connectivity index (χ4v) is 3.46. The number of halogens is 1. The van der Waals surface area contributed by atoms with Gasteiger partial charge in [-0.15, -0.1) is 11.8 Å². The number of benzene rings is 3. The Morgan fingerprint density at radius 3 is 2.34 bits per heavy atom. The number of hydrogen-bond acceptors (Lipinski definition) is 6. The van der Waals surface area contributed by atoms with Crippen LogP contribution in [0.2, 0.25) is 0 Å². The van der Waals surface area contributed by atoms with Crippen molar-refractivity contribution in [3.63, 3.8) is 0 Å². The molecule has 0 radical (unpaired) electrons. The third-order valence-corrected chi connectivity index (χ3v) is 5.29. The van der Waals surface area contributed by atoms with Crippen molar-refractivity contribution in [2.45, 2.75) is 5.75 Å². The first-order valence-electron chi connectivity index (χ1n) is 9.32. The van der Waals surface area contributed by atoms with Crippen molar-refractivity contribution in [1.82, 2.24) is 0 Å². The Kier molecular flexibility index (Phi) is 7.40. The summed E-state index contributed by atoms with van der Waals surface area (Å²) < 4.78 is 12.9. The van der Waals surface area contributed by atoms with Crippen LogP contribution in [0.1, 0.15) is 15.9 Å². The molecular weight excluding hydrogens is 437 g/mol. The molecule has 3 N–H and O–H groups in total. The van der Waals surface area contributed by atoms with Crippen molar-refractivity contribution in [1.29, 1.82) is 0 Å². The van der Waals surface area contributed by atoms with Gasteiger partial charge in [0.15, 0.2) is 0 Å². The second-order valence-electron chi connectivity index (χ2n) is 6.66. The molecule has 2 amide bonds. The number of amides is 2. The van der Waals surface area contributed by atoms with Crippen molar-refractivity contribution in [3.8, 4) is 5.75 Å². The zero-order valence-electron chi connectivity index (χ0n) is 16.6. The summed E-state index contributed by atoms with van der Waals surface area (Å²) in [5.41, 5.74) is 1.39. The van der Waals surface area contributed by atoms with Crippen molar-refractivity contribution < 1.29 is 24.0 Å². The molecule has 32 heavy (non-hydrogen) atoms. The summed E-state index contributed by atoms with van der Waals surface area (Å²) >= 11 is 1.38. The fourth-order valence-electron chi connectivity index (χ4n) is 2.68. The lowest BCUT2D eigenvalue weighted by atomic mass is 10.1. The lowest BCUT2D eigenvalue weighted by Crippen LogP contribution is -2.14. The van der Waals surface area contributed by atoms with Gasteiger partial charge in [0.1, 0.15) is 11.6 Å². The van der Waals surface area contributed by atoms with Gasteiger partial charge in [0.25, 0.3) is 11.6 Å². The Hall–Kier alpha value is -3.92. The second-order valence-corrected chi connectivity index (χ2v) is 7.64. The van der Waals surface area contributed by atoms with E-state index in [2.05, 4.69) is 10.6 Å². The maximum atomic E-state index is 12.9. The first-order valence-corrected chi connectivity index (χ1v) is 10.5. The number of nitro benzene ring substituents is 1. The molecule has 0 aliphatic heterocycles. The van der Waals surface area contributed by atoms with Gasteiger partial charge in [-0.05, 0) is 48.0 Å². The molecule has 0 aromatic heterocycles. The molecule has 3 aromatic carbocycles. The summed E-state index contributed by atoms with van der Waals surface area (Å²) in [7, 11) is 0. The predicted molar refractivity (Wildman–Crippen MR) is 120 cm³/mol. The van der Waals surface area contributed by atoms with E-state index in [4.69, 9.17) is 0 Å². The van der Waals surface area contributed by atoms with Crippen LogP contribution in [0, 0.1) is 15.9 Å². The molecule has 0 aliphatic rings. The molecule has 0 bridgehead atoms. The largest absolute Gasteiger partial charge is 0.506 e. The van der Waals surface area contributed by atoms with E-state index in [1.165, 1.54) is 36.0 Å². The van der Waals surface area contributed by atoms with E-state index in [1.807, 2.05) is 0 Å². The Balaban J connectivity index is 1.51. The minimum atomic E-state index is -0.624. The maximum absolute atomic E-state index is 12.9. The number of nitrogens with zero attached hydrogens (tertiary/aromatic N) is 1. The monoisotopic (exact) mass is 455 g/mol. The molecule has 0 saturated carbocycles. The number of carbonyl (C=O) groups excluding carboxylic acids is 2. The van der Waals surface area contributed by atoms with Gasteiger partial charge in [0.05, 0.1) is 16.4 Å². The highest BCUT2D eigenvalue weighted by molar-refractivity contribution is 7.99. The van der Waals surface area contributed by atoms with Gasteiger partial charge in [-0.1, -0.05) is 12.1 Å². The summed E-state index contributed by atoms with van der Waals surface area (Å²) in [4.78, 5) is 34.6. The average Bonchev–Trinajstić information content (AvgIpc) is 2.77. The Bertz CT molecular complexity index is 1140. The molecular formula is C22H18FN3O5S. The number of non-ortho nitro benzene ring substituents is 1. The SMILES string of the molecule is O=C(CSCc1ccc(C(=O)Nc2cc([N+](=O)[O-])ccc2O)cc1)Nc1ccc(F)cc1. The molecule has 0 spiro atoms. The van der Waals surface area contributed by atoms with E-state index in [0.29, 0.717) is 17.0 Å². The highest BCUT2D eigenvalue weighted by atomic mass is 32.2. The number of nitro groups is 1. The first kappa shape index (κ1) is 22.8. The molecule has 3 aromatic rings. The molecule has 0 aliphatic carbocycles. The number of phenols is 1. The summed E-state index contributed by atoms with van der Waals surface area (Å²) in [6, 6.07) is 15.5. The molecule has 10 heteroatoms. The van der Waals surface area contributed by atoms with E-state index in [1.54, 1.807) is 24.3 Å². The Labute approximate surface area is 186 Å². The third-order valence-electron chi connectivity index (χ3n) is 4.29. The van der Waals surface area contributed by atoms with Crippen LogP contribution in [-0.2, 0) is 10.5 Å². The lowest BCUT2D eigenvalue weighted by molar-refractivity contribution is -0.384. The number of aromatic hydroxyl groups is 1. The molecule has 0 saturated heterocycles. The van der Waals surface area contributed by atoms with Crippen LogP contribution in [0.25, 0.3) is 0 Å². The van der Waals surface area contributed by atoms with Crippen LogP contribution >= 0.6 is 11.8 Å². The number of carbonyl (C=O) groups is 2. The summed E-state index contributed by atoms with van der Waals surface area (Å²) in [6.07, 6.45) is 0. The van der Waals surface area contributed by atoms with Crippen molar-refractivity contribution >= 4 is 40.6 Å². The lowest BCUT2D eigenvalue weighted by Gasteiger charge is -2.08. The van der Waals surface area contributed by atoms with Crippen molar-refractivity contribution in [2.24, 2.45) is 0 Å². The summed E-state index contributed by atoms with van der Waals surface area (Å²) in [5.74, 6) is -0.670. The minimum Gasteiger partial charge on any atom is -0.506 e. The zero-order chi connectivity index (χ0) is 23.1. The predicted octanol–water partition coefficient (Wildman–Crippen LogP) is 4.56. The topological polar surface area (TPSA) is 122 Å². The Morgan fingerprint density at radius 1 is 1.00 bits per heavy atom. The molecule has 0 atom stereocenters. The van der Waals surface area contributed by atoms with E-state index in [9.17, 15) is 29.2 Å². The highest BCUT2D eigenvalue weighted by Gasteiger charge is 2.14.